The lowest BCUT2D eigenvalue weighted by molar-refractivity contribution is -0.140. The van der Waals surface area contributed by atoms with Gasteiger partial charge in [-0.2, -0.15) is 0 Å². The van der Waals surface area contributed by atoms with Gasteiger partial charge < -0.3 is 10.6 Å². The Morgan fingerprint density at radius 3 is 2.11 bits per heavy atom. The van der Waals surface area contributed by atoms with Gasteiger partial charge >= 0.3 is 0 Å². The van der Waals surface area contributed by atoms with E-state index in [1.54, 1.807) is 0 Å². The Kier molecular flexibility index (Phi) is 4.55. The number of nitrogens with one attached hydrogen (secondary N) is 3. The number of benzene rings is 1. The molecule has 6 rings (SSSR count). The van der Waals surface area contributed by atoms with Crippen LogP contribution < -0.4 is 16.0 Å². The third-order valence-corrected chi connectivity index (χ3v) is 7.38. The van der Waals surface area contributed by atoms with Crippen molar-refractivity contribution in [3.05, 3.63) is 30.3 Å². The van der Waals surface area contributed by atoms with Crippen molar-refractivity contribution in [3.63, 3.8) is 0 Å². The lowest BCUT2D eigenvalue weighted by atomic mass is 9.49. The van der Waals surface area contributed by atoms with E-state index in [4.69, 9.17) is 12.2 Å². The fourth-order valence-electron chi connectivity index (χ4n) is 5.72. The summed E-state index contributed by atoms with van der Waals surface area (Å²) in [6.07, 6.45) is 7.10. The summed E-state index contributed by atoms with van der Waals surface area (Å²) in [7, 11) is 0. The van der Waals surface area contributed by atoms with Gasteiger partial charge in [-0.1, -0.05) is 29.5 Å². The van der Waals surface area contributed by atoms with E-state index < -0.39 is 0 Å². The molecule has 3 N–H and O–H groups in total. The number of thiocarbonyl (C=S) groups is 1. The Hall–Kier alpha value is -2.06. The number of aromatic nitrogens is 2. The van der Waals surface area contributed by atoms with Crippen LogP contribution in [-0.2, 0) is 4.79 Å². The first-order chi connectivity index (χ1) is 13.6. The molecule has 0 unspecified atom stereocenters. The van der Waals surface area contributed by atoms with Crippen LogP contribution in [0.2, 0.25) is 0 Å². The van der Waals surface area contributed by atoms with E-state index in [-0.39, 0.29) is 11.3 Å². The first kappa shape index (κ1) is 18.0. The van der Waals surface area contributed by atoms with Crippen LogP contribution in [0.5, 0.6) is 0 Å². The first-order valence-electron chi connectivity index (χ1n) is 9.86. The van der Waals surface area contributed by atoms with E-state index in [0.717, 1.165) is 42.7 Å². The highest BCUT2D eigenvalue weighted by molar-refractivity contribution is 7.80. The van der Waals surface area contributed by atoms with Crippen molar-refractivity contribution in [1.29, 1.82) is 0 Å². The summed E-state index contributed by atoms with van der Waals surface area (Å²) in [5.41, 5.74) is 0.720. The zero-order chi connectivity index (χ0) is 19.1. The number of carbonyl (C=O) groups excluding carboxylic acids is 1. The summed E-state index contributed by atoms with van der Waals surface area (Å²) in [5.74, 6) is 2.36. The summed E-state index contributed by atoms with van der Waals surface area (Å²) in [6, 6.07) is 9.70. The van der Waals surface area contributed by atoms with E-state index in [0.29, 0.717) is 15.4 Å². The molecule has 4 aliphatic carbocycles. The number of amides is 1. The smallest absolute Gasteiger partial charge is 0.232 e. The van der Waals surface area contributed by atoms with Crippen molar-refractivity contribution in [3.8, 4) is 0 Å². The standard InChI is InChI=1S/C20H23N5OS2/c26-16(20-9-12-6-13(10-20)8-14(7-12)11-20)22-18-24-25-19(28-18)23-17(27)21-15-4-2-1-3-5-15/h1-5,12-14H,6-11H2,(H,22,24,26)(H2,21,23,25,27). The molecular weight excluding hydrogens is 390 g/mol. The number of nitrogens with zero attached hydrogens (tertiary/aromatic N) is 2. The highest BCUT2D eigenvalue weighted by Crippen LogP contribution is 2.60. The van der Waals surface area contributed by atoms with Gasteiger partial charge in [0, 0.05) is 5.69 Å². The summed E-state index contributed by atoms with van der Waals surface area (Å²) >= 11 is 6.63. The predicted molar refractivity (Wildman–Crippen MR) is 115 cm³/mol. The Balaban J connectivity index is 1.21. The van der Waals surface area contributed by atoms with Crippen molar-refractivity contribution in [1.82, 2.24) is 10.2 Å². The van der Waals surface area contributed by atoms with Crippen LogP contribution in [0.4, 0.5) is 16.0 Å². The second-order valence-corrected chi connectivity index (χ2v) is 9.90. The largest absolute Gasteiger partial charge is 0.332 e. The Bertz CT molecular complexity index is 862. The average molecular weight is 414 g/mol. The van der Waals surface area contributed by atoms with Gasteiger partial charge in [0.2, 0.25) is 16.2 Å². The fraction of sp³-hybridized carbons (Fsp3) is 0.500. The van der Waals surface area contributed by atoms with Gasteiger partial charge in [0.25, 0.3) is 0 Å². The maximum absolute atomic E-state index is 13.1. The average Bonchev–Trinajstić information content (AvgIpc) is 3.08. The molecule has 4 aliphatic rings. The number of hydrogen-bond acceptors (Lipinski definition) is 5. The highest BCUT2D eigenvalue weighted by atomic mass is 32.1. The van der Waals surface area contributed by atoms with E-state index in [1.807, 2.05) is 30.3 Å². The molecule has 0 atom stereocenters. The Morgan fingerprint density at radius 1 is 0.929 bits per heavy atom. The maximum Gasteiger partial charge on any atom is 0.232 e. The molecule has 6 nitrogen and oxygen atoms in total. The predicted octanol–water partition coefficient (Wildman–Crippen LogP) is 4.50. The van der Waals surface area contributed by atoms with E-state index in [9.17, 15) is 4.79 Å². The number of anilines is 3. The molecular formula is C20H23N5OS2. The van der Waals surface area contributed by atoms with Gasteiger partial charge in [-0.15, -0.1) is 10.2 Å². The molecule has 2 aromatic rings. The van der Waals surface area contributed by atoms with Crippen molar-refractivity contribution < 1.29 is 4.79 Å². The molecule has 1 aromatic carbocycles. The first-order valence-corrected chi connectivity index (χ1v) is 11.1. The molecule has 1 aromatic heterocycles. The summed E-state index contributed by atoms with van der Waals surface area (Å²) in [6.45, 7) is 0. The van der Waals surface area contributed by atoms with Crippen molar-refractivity contribution in [2.24, 2.45) is 23.2 Å². The summed E-state index contributed by atoms with van der Waals surface area (Å²) in [5, 5.41) is 19.0. The zero-order valence-electron chi connectivity index (χ0n) is 15.5. The molecule has 8 heteroatoms. The number of hydrogen-bond donors (Lipinski definition) is 3. The summed E-state index contributed by atoms with van der Waals surface area (Å²) in [4.78, 5) is 13.1. The molecule has 28 heavy (non-hydrogen) atoms. The van der Waals surface area contributed by atoms with Crippen molar-refractivity contribution in [2.75, 3.05) is 16.0 Å². The monoisotopic (exact) mass is 413 g/mol. The lowest BCUT2D eigenvalue weighted by Crippen LogP contribution is -2.51. The zero-order valence-corrected chi connectivity index (χ0v) is 17.1. The lowest BCUT2D eigenvalue weighted by Gasteiger charge is -2.55. The van der Waals surface area contributed by atoms with Crippen LogP contribution in [0.1, 0.15) is 38.5 Å². The fourth-order valence-corrected chi connectivity index (χ4v) is 6.65. The molecule has 0 radical (unpaired) electrons. The third-order valence-electron chi connectivity index (χ3n) is 6.42. The van der Waals surface area contributed by atoms with Gasteiger partial charge in [-0.25, -0.2) is 0 Å². The second-order valence-electron chi connectivity index (χ2n) is 8.51. The molecule has 1 heterocycles. The van der Waals surface area contributed by atoms with Crippen LogP contribution in [0.15, 0.2) is 30.3 Å². The number of para-hydroxylation sites is 1. The van der Waals surface area contributed by atoms with Crippen LogP contribution in [-0.4, -0.2) is 21.2 Å². The molecule has 0 saturated heterocycles. The molecule has 1 amide bonds. The van der Waals surface area contributed by atoms with Gasteiger partial charge in [0.05, 0.1) is 5.41 Å². The molecule has 4 fully saturated rings. The van der Waals surface area contributed by atoms with Gasteiger partial charge in [0.15, 0.2) is 5.11 Å². The third kappa shape index (κ3) is 3.51. The highest BCUT2D eigenvalue weighted by Gasteiger charge is 2.54. The van der Waals surface area contributed by atoms with Gasteiger partial charge in [-0.05, 0) is 80.6 Å². The summed E-state index contributed by atoms with van der Waals surface area (Å²) < 4.78 is 0. The van der Waals surface area contributed by atoms with Crippen LogP contribution in [0.3, 0.4) is 0 Å². The van der Waals surface area contributed by atoms with Gasteiger partial charge in [-0.3, -0.25) is 10.1 Å². The molecule has 0 spiro atoms. The minimum absolute atomic E-state index is 0.138. The Labute approximate surface area is 173 Å². The topological polar surface area (TPSA) is 78.9 Å². The molecule has 146 valence electrons. The SMILES string of the molecule is O=C(Nc1nnc(NC(=S)Nc2ccccc2)s1)C12CC3CC(CC(C3)C1)C2. The second kappa shape index (κ2) is 7.08. The molecule has 4 saturated carbocycles. The van der Waals surface area contributed by atoms with E-state index in [1.165, 1.54) is 30.6 Å². The van der Waals surface area contributed by atoms with E-state index >= 15 is 0 Å². The molecule has 4 bridgehead atoms. The van der Waals surface area contributed by atoms with Crippen LogP contribution in [0.25, 0.3) is 0 Å². The quantitative estimate of drug-likeness (QED) is 0.641. The number of carbonyl (C=O) groups is 1. The minimum Gasteiger partial charge on any atom is -0.332 e. The van der Waals surface area contributed by atoms with Crippen LogP contribution >= 0.6 is 23.6 Å². The van der Waals surface area contributed by atoms with Crippen molar-refractivity contribution >= 4 is 50.5 Å². The normalized spacial score (nSPS) is 30.1. The molecule has 0 aliphatic heterocycles. The van der Waals surface area contributed by atoms with Gasteiger partial charge in [0.1, 0.15) is 0 Å². The van der Waals surface area contributed by atoms with Crippen LogP contribution in [0, 0.1) is 23.2 Å². The minimum atomic E-state index is -0.182. The van der Waals surface area contributed by atoms with E-state index in [2.05, 4.69) is 26.1 Å². The number of rotatable bonds is 4. The van der Waals surface area contributed by atoms with Crippen molar-refractivity contribution in [2.45, 2.75) is 38.5 Å². The Morgan fingerprint density at radius 2 is 1.50 bits per heavy atom. The maximum atomic E-state index is 13.1.